The molecule has 1 aliphatic heterocycles. The van der Waals surface area contributed by atoms with E-state index in [4.69, 9.17) is 4.42 Å². The molecule has 1 saturated heterocycles. The van der Waals surface area contributed by atoms with Gasteiger partial charge in [-0.2, -0.15) is 11.8 Å². The Bertz CT molecular complexity index is 955. The number of hydrogen-bond acceptors (Lipinski definition) is 7. The maximum atomic E-state index is 12.6. The molecular weight excluding hydrogens is 406 g/mol. The van der Waals surface area contributed by atoms with Gasteiger partial charge >= 0.3 is 0 Å². The summed E-state index contributed by atoms with van der Waals surface area (Å²) >= 11 is 1.77. The standard InChI is InChI=1S/C21H25N3O5S/c1-14-12-16(25)18(27)19(29-14)21(4-10-30-11-5-21)13-17(26)23-8-9-24-20(28)15-2-6-22-7-3-15/h2-3,6-7,12,27H,4-5,8-11,13H2,1H3,(H,23,26)(H,24,28). The van der Waals surface area contributed by atoms with Crippen molar-refractivity contribution in [2.75, 3.05) is 24.6 Å². The number of rotatable bonds is 7. The molecule has 0 radical (unpaired) electrons. The van der Waals surface area contributed by atoms with Gasteiger partial charge in [-0.05, 0) is 43.4 Å². The molecule has 2 amide bonds. The second-order valence-electron chi connectivity index (χ2n) is 7.31. The summed E-state index contributed by atoms with van der Waals surface area (Å²) in [6.07, 6.45) is 4.44. The van der Waals surface area contributed by atoms with Crippen molar-refractivity contribution in [3.05, 3.63) is 57.9 Å². The number of nitrogens with zero attached hydrogens (tertiary/aromatic N) is 1. The Morgan fingerprint density at radius 1 is 1.20 bits per heavy atom. The fraction of sp³-hybridized carbons (Fsp3) is 0.429. The molecule has 3 heterocycles. The summed E-state index contributed by atoms with van der Waals surface area (Å²) in [5.41, 5.74) is -0.712. The molecule has 0 bridgehead atoms. The number of pyridine rings is 1. The lowest BCUT2D eigenvalue weighted by atomic mass is 9.75. The number of amides is 2. The largest absolute Gasteiger partial charge is 0.502 e. The van der Waals surface area contributed by atoms with Crippen molar-refractivity contribution in [1.82, 2.24) is 15.6 Å². The molecule has 0 aliphatic carbocycles. The maximum absolute atomic E-state index is 12.6. The Balaban J connectivity index is 1.61. The lowest BCUT2D eigenvalue weighted by Gasteiger charge is -2.35. The number of aromatic hydroxyl groups is 1. The molecule has 0 aromatic carbocycles. The van der Waals surface area contributed by atoms with E-state index in [1.165, 1.54) is 18.5 Å². The van der Waals surface area contributed by atoms with E-state index in [1.54, 1.807) is 30.8 Å². The van der Waals surface area contributed by atoms with Crippen LogP contribution in [0.2, 0.25) is 0 Å². The molecule has 0 unspecified atom stereocenters. The second-order valence-corrected chi connectivity index (χ2v) is 8.53. The molecule has 3 rings (SSSR count). The minimum absolute atomic E-state index is 0.103. The van der Waals surface area contributed by atoms with Gasteiger partial charge in [-0.1, -0.05) is 0 Å². The van der Waals surface area contributed by atoms with Crippen molar-refractivity contribution in [2.45, 2.75) is 31.6 Å². The van der Waals surface area contributed by atoms with Gasteiger partial charge in [0, 0.05) is 48.9 Å². The number of aromatic nitrogens is 1. The topological polar surface area (TPSA) is 122 Å². The van der Waals surface area contributed by atoms with E-state index >= 15 is 0 Å². The van der Waals surface area contributed by atoms with Crippen molar-refractivity contribution in [2.24, 2.45) is 0 Å². The third kappa shape index (κ3) is 5.21. The highest BCUT2D eigenvalue weighted by Gasteiger charge is 2.41. The van der Waals surface area contributed by atoms with Gasteiger partial charge in [0.2, 0.25) is 17.1 Å². The molecule has 1 fully saturated rings. The van der Waals surface area contributed by atoms with Crippen LogP contribution in [0, 0.1) is 6.92 Å². The molecule has 0 atom stereocenters. The number of thioether (sulfide) groups is 1. The third-order valence-corrected chi connectivity index (χ3v) is 6.14. The molecule has 0 spiro atoms. The first-order valence-electron chi connectivity index (χ1n) is 9.78. The molecule has 8 nitrogen and oxygen atoms in total. The van der Waals surface area contributed by atoms with E-state index in [2.05, 4.69) is 15.6 Å². The van der Waals surface area contributed by atoms with Crippen molar-refractivity contribution in [3.8, 4) is 5.75 Å². The summed E-state index contributed by atoms with van der Waals surface area (Å²) in [7, 11) is 0. The third-order valence-electron chi connectivity index (χ3n) is 5.15. The maximum Gasteiger partial charge on any atom is 0.251 e. The Morgan fingerprint density at radius 3 is 2.57 bits per heavy atom. The number of carbonyl (C=O) groups is 2. The number of nitrogens with one attached hydrogen (secondary N) is 2. The highest BCUT2D eigenvalue weighted by atomic mass is 32.2. The van der Waals surface area contributed by atoms with Crippen LogP contribution in [-0.4, -0.2) is 46.5 Å². The molecule has 2 aromatic rings. The van der Waals surface area contributed by atoms with Crippen LogP contribution >= 0.6 is 11.8 Å². The first-order valence-corrected chi connectivity index (χ1v) is 10.9. The van der Waals surface area contributed by atoms with Crippen LogP contribution < -0.4 is 16.1 Å². The number of carbonyl (C=O) groups excluding carboxylic acids is 2. The Kier molecular flexibility index (Phi) is 7.15. The van der Waals surface area contributed by atoms with Gasteiger partial charge in [0.15, 0.2) is 5.76 Å². The Labute approximate surface area is 178 Å². The quantitative estimate of drug-likeness (QED) is 0.571. The van der Waals surface area contributed by atoms with E-state index in [9.17, 15) is 19.5 Å². The molecule has 30 heavy (non-hydrogen) atoms. The van der Waals surface area contributed by atoms with Crippen molar-refractivity contribution in [1.29, 1.82) is 0 Å². The van der Waals surface area contributed by atoms with Crippen LogP contribution in [0.5, 0.6) is 5.75 Å². The minimum atomic E-state index is -0.717. The van der Waals surface area contributed by atoms with Gasteiger partial charge in [0.1, 0.15) is 5.76 Å². The molecule has 160 valence electrons. The SMILES string of the molecule is Cc1cc(=O)c(O)c(C2(CC(=O)NCCNC(=O)c3ccncc3)CCSCC2)o1. The zero-order chi connectivity index (χ0) is 21.6. The lowest BCUT2D eigenvalue weighted by Crippen LogP contribution is -2.40. The normalized spacial score (nSPS) is 15.4. The predicted octanol–water partition coefficient (Wildman–Crippen LogP) is 1.75. The van der Waals surface area contributed by atoms with Crippen molar-refractivity contribution in [3.63, 3.8) is 0 Å². The predicted molar refractivity (Wildman–Crippen MR) is 114 cm³/mol. The summed E-state index contributed by atoms with van der Waals surface area (Å²) in [6, 6.07) is 4.47. The van der Waals surface area contributed by atoms with Crippen LogP contribution in [0.15, 0.2) is 39.8 Å². The van der Waals surface area contributed by atoms with E-state index < -0.39 is 16.6 Å². The highest BCUT2D eigenvalue weighted by Crippen LogP contribution is 2.43. The lowest BCUT2D eigenvalue weighted by molar-refractivity contribution is -0.122. The Hall–Kier alpha value is -2.81. The van der Waals surface area contributed by atoms with Gasteiger partial charge in [0.05, 0.1) is 0 Å². The summed E-state index contributed by atoms with van der Waals surface area (Å²) in [5, 5.41) is 15.9. The first-order chi connectivity index (χ1) is 14.4. The molecule has 1 aliphatic rings. The van der Waals surface area contributed by atoms with Crippen molar-refractivity contribution >= 4 is 23.6 Å². The average Bonchev–Trinajstić information content (AvgIpc) is 2.75. The average molecular weight is 432 g/mol. The van der Waals surface area contributed by atoms with Gasteiger partial charge in [-0.15, -0.1) is 0 Å². The summed E-state index contributed by atoms with van der Waals surface area (Å²) in [4.78, 5) is 40.6. The smallest absolute Gasteiger partial charge is 0.251 e. The van der Waals surface area contributed by atoms with Crippen LogP contribution in [-0.2, 0) is 10.2 Å². The molecule has 2 aromatic heterocycles. The van der Waals surface area contributed by atoms with Crippen LogP contribution in [0.25, 0.3) is 0 Å². The fourth-order valence-electron chi connectivity index (χ4n) is 3.56. The van der Waals surface area contributed by atoms with Gasteiger partial charge in [-0.25, -0.2) is 0 Å². The van der Waals surface area contributed by atoms with Gasteiger partial charge in [-0.3, -0.25) is 19.4 Å². The zero-order valence-corrected chi connectivity index (χ0v) is 17.6. The molecular formula is C21H25N3O5S. The van der Waals surface area contributed by atoms with Gasteiger partial charge in [0.25, 0.3) is 5.91 Å². The first kappa shape index (κ1) is 21.9. The number of hydrogen-bond donors (Lipinski definition) is 3. The van der Waals surface area contributed by atoms with E-state index in [-0.39, 0.29) is 37.1 Å². The second kappa shape index (κ2) is 9.80. The van der Waals surface area contributed by atoms with E-state index in [0.717, 1.165) is 11.5 Å². The van der Waals surface area contributed by atoms with Crippen LogP contribution in [0.3, 0.4) is 0 Å². The molecule has 3 N–H and O–H groups in total. The van der Waals surface area contributed by atoms with Crippen LogP contribution in [0.1, 0.15) is 41.1 Å². The van der Waals surface area contributed by atoms with E-state index in [1.807, 2.05) is 0 Å². The molecule has 0 saturated carbocycles. The monoisotopic (exact) mass is 431 g/mol. The minimum Gasteiger partial charge on any atom is -0.502 e. The Morgan fingerprint density at radius 2 is 1.87 bits per heavy atom. The fourth-order valence-corrected chi connectivity index (χ4v) is 4.84. The highest BCUT2D eigenvalue weighted by molar-refractivity contribution is 7.99. The summed E-state index contributed by atoms with van der Waals surface area (Å²) < 4.78 is 5.74. The van der Waals surface area contributed by atoms with Crippen molar-refractivity contribution < 1.29 is 19.1 Å². The van der Waals surface area contributed by atoms with Gasteiger partial charge < -0.3 is 20.2 Å². The van der Waals surface area contributed by atoms with Crippen LogP contribution in [0.4, 0.5) is 0 Å². The summed E-state index contributed by atoms with van der Waals surface area (Å²) in [5.74, 6) is 1.37. The zero-order valence-electron chi connectivity index (χ0n) is 16.8. The van der Waals surface area contributed by atoms with E-state index in [0.29, 0.717) is 24.2 Å². The number of aryl methyl sites for hydroxylation is 1. The molecule has 9 heteroatoms. The summed E-state index contributed by atoms with van der Waals surface area (Å²) in [6.45, 7) is 2.20.